The largest absolute Gasteiger partial charge is 0.491 e. The maximum Gasteiger partial charge on any atom is 0.323 e. The second-order valence-electron chi connectivity index (χ2n) is 9.20. The molecule has 5 rings (SSSR count). The molecule has 0 spiro atoms. The Morgan fingerprint density at radius 1 is 1.00 bits per heavy atom. The van der Waals surface area contributed by atoms with Crippen molar-refractivity contribution in [3.05, 3.63) is 77.4 Å². The van der Waals surface area contributed by atoms with Crippen LogP contribution in [0.15, 0.2) is 60.7 Å². The minimum Gasteiger partial charge on any atom is -0.491 e. The summed E-state index contributed by atoms with van der Waals surface area (Å²) in [6.07, 6.45) is 5.59. The van der Waals surface area contributed by atoms with Crippen molar-refractivity contribution >= 4 is 17.4 Å². The van der Waals surface area contributed by atoms with Crippen LogP contribution in [0.4, 0.5) is 16.2 Å². The highest BCUT2D eigenvalue weighted by molar-refractivity contribution is 6.01. The van der Waals surface area contributed by atoms with E-state index in [0.29, 0.717) is 29.7 Å². The van der Waals surface area contributed by atoms with Gasteiger partial charge in [-0.25, -0.2) is 4.79 Å². The SMILES string of the molecule is CCCOc1c(NC(=O)Nc2ccc(C3CC3)cc2)cc(-c2ccccc2C#N)cc1C1CC1. The molecule has 2 aliphatic carbocycles. The van der Waals surface area contributed by atoms with Crippen LogP contribution in [0.5, 0.6) is 5.75 Å². The first kappa shape index (κ1) is 22.0. The van der Waals surface area contributed by atoms with Gasteiger partial charge in [-0.1, -0.05) is 37.3 Å². The lowest BCUT2D eigenvalue weighted by Gasteiger charge is -2.19. The van der Waals surface area contributed by atoms with E-state index in [4.69, 9.17) is 4.74 Å². The van der Waals surface area contributed by atoms with Crippen LogP contribution in [0, 0.1) is 11.3 Å². The highest BCUT2D eigenvalue weighted by atomic mass is 16.5. The topological polar surface area (TPSA) is 74.2 Å². The molecule has 0 heterocycles. The molecule has 3 aromatic carbocycles. The number of hydrogen-bond acceptors (Lipinski definition) is 3. The minimum atomic E-state index is -0.312. The Kier molecular flexibility index (Phi) is 6.22. The van der Waals surface area contributed by atoms with Crippen LogP contribution in [-0.2, 0) is 0 Å². The molecule has 172 valence electrons. The summed E-state index contributed by atoms with van der Waals surface area (Å²) in [4.78, 5) is 13.0. The predicted octanol–water partition coefficient (Wildman–Crippen LogP) is 7.41. The van der Waals surface area contributed by atoms with Gasteiger partial charge in [-0.15, -0.1) is 0 Å². The molecule has 2 N–H and O–H groups in total. The van der Waals surface area contributed by atoms with E-state index in [9.17, 15) is 10.1 Å². The summed E-state index contributed by atoms with van der Waals surface area (Å²) in [6, 6.07) is 21.7. The number of carbonyl (C=O) groups is 1. The molecule has 2 amide bonds. The lowest BCUT2D eigenvalue weighted by Crippen LogP contribution is -2.20. The molecule has 0 bridgehead atoms. The first-order chi connectivity index (χ1) is 16.7. The van der Waals surface area contributed by atoms with Crippen LogP contribution in [0.2, 0.25) is 0 Å². The molecule has 0 atom stereocenters. The number of ether oxygens (including phenoxy) is 1. The van der Waals surface area contributed by atoms with Gasteiger partial charge in [0, 0.05) is 11.3 Å². The molecule has 5 nitrogen and oxygen atoms in total. The van der Waals surface area contributed by atoms with Gasteiger partial charge < -0.3 is 15.4 Å². The maximum absolute atomic E-state index is 13.0. The number of carbonyl (C=O) groups excluding carboxylic acids is 1. The number of urea groups is 1. The fourth-order valence-corrected chi connectivity index (χ4v) is 4.33. The van der Waals surface area contributed by atoms with E-state index in [1.807, 2.05) is 42.5 Å². The summed E-state index contributed by atoms with van der Waals surface area (Å²) in [5.41, 5.74) is 6.19. The molecule has 0 aromatic heterocycles. The second-order valence-corrected chi connectivity index (χ2v) is 9.20. The molecular formula is C29H29N3O2. The summed E-state index contributed by atoms with van der Waals surface area (Å²) in [6.45, 7) is 2.65. The van der Waals surface area contributed by atoms with Gasteiger partial charge in [-0.05, 0) is 91.0 Å². The van der Waals surface area contributed by atoms with E-state index in [1.165, 1.54) is 18.4 Å². The van der Waals surface area contributed by atoms with Crippen LogP contribution in [0.1, 0.15) is 67.6 Å². The van der Waals surface area contributed by atoms with Crippen LogP contribution in [0.3, 0.4) is 0 Å². The Morgan fingerprint density at radius 2 is 1.74 bits per heavy atom. The van der Waals surface area contributed by atoms with Crippen molar-refractivity contribution in [1.82, 2.24) is 0 Å². The molecule has 0 radical (unpaired) electrons. The first-order valence-corrected chi connectivity index (χ1v) is 12.1. The van der Waals surface area contributed by atoms with Gasteiger partial charge in [0.1, 0.15) is 5.75 Å². The van der Waals surface area contributed by atoms with Crippen LogP contribution < -0.4 is 15.4 Å². The molecule has 2 aliphatic rings. The third kappa shape index (κ3) is 4.92. The van der Waals surface area contributed by atoms with Crippen molar-refractivity contribution < 1.29 is 9.53 Å². The minimum absolute atomic E-state index is 0.312. The third-order valence-corrected chi connectivity index (χ3v) is 6.41. The fourth-order valence-electron chi connectivity index (χ4n) is 4.33. The molecule has 2 saturated carbocycles. The first-order valence-electron chi connectivity index (χ1n) is 12.1. The molecule has 0 aliphatic heterocycles. The smallest absolute Gasteiger partial charge is 0.323 e. The van der Waals surface area contributed by atoms with Crippen molar-refractivity contribution in [3.63, 3.8) is 0 Å². The lowest BCUT2D eigenvalue weighted by atomic mass is 9.95. The van der Waals surface area contributed by atoms with Crippen LogP contribution >= 0.6 is 0 Å². The van der Waals surface area contributed by atoms with Gasteiger partial charge in [-0.2, -0.15) is 5.26 Å². The van der Waals surface area contributed by atoms with E-state index in [1.54, 1.807) is 0 Å². The number of amides is 2. The lowest BCUT2D eigenvalue weighted by molar-refractivity contribution is 0.261. The van der Waals surface area contributed by atoms with Gasteiger partial charge in [0.25, 0.3) is 0 Å². The average molecular weight is 452 g/mol. The number of nitrogens with zero attached hydrogens (tertiary/aromatic N) is 1. The molecule has 0 unspecified atom stereocenters. The summed E-state index contributed by atoms with van der Waals surface area (Å²) in [5.74, 6) is 1.84. The van der Waals surface area contributed by atoms with E-state index in [0.717, 1.165) is 47.4 Å². The number of nitrogens with one attached hydrogen (secondary N) is 2. The van der Waals surface area contributed by atoms with E-state index in [2.05, 4.69) is 41.8 Å². The number of benzene rings is 3. The van der Waals surface area contributed by atoms with Crippen molar-refractivity contribution in [2.45, 2.75) is 50.9 Å². The number of anilines is 2. The highest BCUT2D eigenvalue weighted by Gasteiger charge is 2.30. The standard InChI is InChI=1S/C29H29N3O2/c1-2-15-34-28-26(21-9-10-21)16-23(25-6-4-3-5-22(25)18-30)17-27(28)32-29(33)31-24-13-11-20(12-14-24)19-7-8-19/h3-6,11-14,16-17,19,21H,2,7-10,15H2,1H3,(H2,31,32,33). The number of nitriles is 1. The Balaban J connectivity index is 1.46. The predicted molar refractivity (Wildman–Crippen MR) is 135 cm³/mol. The molecule has 3 aromatic rings. The van der Waals surface area contributed by atoms with E-state index >= 15 is 0 Å². The zero-order chi connectivity index (χ0) is 23.5. The third-order valence-electron chi connectivity index (χ3n) is 6.41. The maximum atomic E-state index is 13.0. The molecule has 0 saturated heterocycles. The van der Waals surface area contributed by atoms with Gasteiger partial charge in [0.2, 0.25) is 0 Å². The monoisotopic (exact) mass is 451 g/mol. The summed E-state index contributed by atoms with van der Waals surface area (Å²) in [5, 5.41) is 15.6. The van der Waals surface area contributed by atoms with Crippen molar-refractivity contribution in [2.75, 3.05) is 17.2 Å². The van der Waals surface area contributed by atoms with Crippen LogP contribution in [0.25, 0.3) is 11.1 Å². The summed E-state index contributed by atoms with van der Waals surface area (Å²) < 4.78 is 6.16. The normalized spacial score (nSPS) is 14.8. The van der Waals surface area contributed by atoms with Gasteiger partial charge in [0.15, 0.2) is 0 Å². The zero-order valence-electron chi connectivity index (χ0n) is 19.4. The summed E-state index contributed by atoms with van der Waals surface area (Å²) >= 11 is 0. The molecule has 34 heavy (non-hydrogen) atoms. The van der Waals surface area contributed by atoms with E-state index in [-0.39, 0.29) is 6.03 Å². The van der Waals surface area contributed by atoms with Gasteiger partial charge in [0.05, 0.1) is 23.9 Å². The van der Waals surface area contributed by atoms with Crippen molar-refractivity contribution in [3.8, 4) is 22.9 Å². The fraction of sp³-hybridized carbons (Fsp3) is 0.310. The average Bonchev–Trinajstić information content (AvgIpc) is 3.77. The Hall–Kier alpha value is -3.78. The van der Waals surface area contributed by atoms with Crippen molar-refractivity contribution in [1.29, 1.82) is 5.26 Å². The highest BCUT2D eigenvalue weighted by Crippen LogP contribution is 2.49. The Morgan fingerprint density at radius 3 is 2.41 bits per heavy atom. The number of rotatable bonds is 8. The zero-order valence-corrected chi connectivity index (χ0v) is 19.4. The van der Waals surface area contributed by atoms with Crippen molar-refractivity contribution in [2.24, 2.45) is 0 Å². The van der Waals surface area contributed by atoms with E-state index < -0.39 is 0 Å². The molecule has 2 fully saturated rings. The Bertz CT molecular complexity index is 1240. The number of hydrogen-bond donors (Lipinski definition) is 2. The quantitative estimate of drug-likeness (QED) is 0.374. The summed E-state index contributed by atoms with van der Waals surface area (Å²) in [7, 11) is 0. The van der Waals surface area contributed by atoms with Crippen LogP contribution in [-0.4, -0.2) is 12.6 Å². The van der Waals surface area contributed by atoms with Gasteiger partial charge in [-0.3, -0.25) is 0 Å². The molecule has 5 heteroatoms. The Labute approximate surface area is 200 Å². The molecular weight excluding hydrogens is 422 g/mol. The second kappa shape index (κ2) is 9.61. The van der Waals surface area contributed by atoms with Gasteiger partial charge >= 0.3 is 6.03 Å².